The molecular formula is C14H14ClFN2. The van der Waals surface area contributed by atoms with Gasteiger partial charge in [0.15, 0.2) is 0 Å². The van der Waals surface area contributed by atoms with Crippen LogP contribution >= 0.6 is 11.6 Å². The van der Waals surface area contributed by atoms with Gasteiger partial charge in [-0.15, -0.1) is 0 Å². The molecule has 1 N–H and O–H groups in total. The molecule has 0 saturated carbocycles. The summed E-state index contributed by atoms with van der Waals surface area (Å²) in [5, 5.41) is 3.63. The van der Waals surface area contributed by atoms with Gasteiger partial charge in [0.25, 0.3) is 0 Å². The van der Waals surface area contributed by atoms with Crippen molar-refractivity contribution in [1.29, 1.82) is 0 Å². The van der Waals surface area contributed by atoms with Crippen molar-refractivity contribution in [2.45, 2.75) is 20.0 Å². The van der Waals surface area contributed by atoms with E-state index in [1.165, 1.54) is 6.07 Å². The van der Waals surface area contributed by atoms with Gasteiger partial charge in [0.1, 0.15) is 5.82 Å². The van der Waals surface area contributed by atoms with Crippen molar-refractivity contribution in [1.82, 2.24) is 10.3 Å². The van der Waals surface area contributed by atoms with Crippen LogP contribution in [0.3, 0.4) is 0 Å². The van der Waals surface area contributed by atoms with Crippen molar-refractivity contribution in [3.05, 3.63) is 64.2 Å². The zero-order valence-corrected chi connectivity index (χ0v) is 10.8. The molecule has 0 aliphatic heterocycles. The predicted molar refractivity (Wildman–Crippen MR) is 70.9 cm³/mol. The molecule has 18 heavy (non-hydrogen) atoms. The lowest BCUT2D eigenvalue weighted by Gasteiger charge is -2.09. The molecule has 1 heterocycles. The maximum Gasteiger partial charge on any atom is 0.129 e. The molecule has 0 atom stereocenters. The molecule has 0 unspecified atom stereocenters. The summed E-state index contributed by atoms with van der Waals surface area (Å²) >= 11 is 5.95. The molecule has 0 aliphatic rings. The summed E-state index contributed by atoms with van der Waals surface area (Å²) in [7, 11) is 0. The van der Waals surface area contributed by atoms with Gasteiger partial charge in [0, 0.05) is 36.1 Å². The van der Waals surface area contributed by atoms with Crippen LogP contribution in [0.25, 0.3) is 0 Å². The Morgan fingerprint density at radius 2 is 2.11 bits per heavy atom. The van der Waals surface area contributed by atoms with E-state index in [0.29, 0.717) is 23.7 Å². The quantitative estimate of drug-likeness (QED) is 0.915. The van der Waals surface area contributed by atoms with E-state index in [2.05, 4.69) is 10.3 Å². The Labute approximate surface area is 111 Å². The molecule has 0 radical (unpaired) electrons. The molecule has 0 saturated heterocycles. The zero-order chi connectivity index (χ0) is 13.0. The number of nitrogens with one attached hydrogen (secondary N) is 1. The van der Waals surface area contributed by atoms with Crippen LogP contribution in [0.1, 0.15) is 16.7 Å². The van der Waals surface area contributed by atoms with Crippen LogP contribution in [0.15, 0.2) is 36.7 Å². The number of aromatic nitrogens is 1. The molecular weight excluding hydrogens is 251 g/mol. The minimum Gasteiger partial charge on any atom is -0.308 e. The lowest BCUT2D eigenvalue weighted by molar-refractivity contribution is 0.587. The summed E-state index contributed by atoms with van der Waals surface area (Å²) in [5.41, 5.74) is 2.77. The largest absolute Gasteiger partial charge is 0.308 e. The van der Waals surface area contributed by atoms with E-state index in [4.69, 9.17) is 11.6 Å². The minimum absolute atomic E-state index is 0.280. The number of benzene rings is 1. The number of nitrogens with zero attached hydrogens (tertiary/aromatic N) is 1. The number of halogens is 2. The fourth-order valence-corrected chi connectivity index (χ4v) is 1.93. The summed E-state index contributed by atoms with van der Waals surface area (Å²) in [6.45, 7) is 3.07. The van der Waals surface area contributed by atoms with Crippen molar-refractivity contribution < 1.29 is 4.39 Å². The molecule has 0 amide bonds. The first-order chi connectivity index (χ1) is 8.68. The molecule has 0 spiro atoms. The normalized spacial score (nSPS) is 10.6. The molecule has 0 fully saturated rings. The standard InChI is InChI=1S/C14H14ClFN2/c1-10-5-6-17-7-11(10)8-18-9-12-13(15)3-2-4-14(12)16/h2-7,18H,8-9H2,1H3. The van der Waals surface area contributed by atoms with Gasteiger partial charge >= 0.3 is 0 Å². The molecule has 94 valence electrons. The minimum atomic E-state index is -0.280. The van der Waals surface area contributed by atoms with Crippen molar-refractivity contribution >= 4 is 11.6 Å². The van der Waals surface area contributed by atoms with Crippen LogP contribution in [-0.2, 0) is 13.1 Å². The van der Waals surface area contributed by atoms with Gasteiger partial charge in [-0.3, -0.25) is 4.98 Å². The van der Waals surface area contributed by atoms with E-state index in [1.54, 1.807) is 18.3 Å². The maximum atomic E-state index is 13.5. The van der Waals surface area contributed by atoms with Crippen molar-refractivity contribution in [2.24, 2.45) is 0 Å². The lowest BCUT2D eigenvalue weighted by Crippen LogP contribution is -2.15. The first kappa shape index (κ1) is 13.0. The fraction of sp³-hybridized carbons (Fsp3) is 0.214. The number of hydrogen-bond acceptors (Lipinski definition) is 2. The zero-order valence-electron chi connectivity index (χ0n) is 10.1. The van der Waals surface area contributed by atoms with E-state index in [9.17, 15) is 4.39 Å². The Hall–Kier alpha value is -1.45. The van der Waals surface area contributed by atoms with E-state index in [-0.39, 0.29) is 5.82 Å². The molecule has 2 nitrogen and oxygen atoms in total. The second kappa shape index (κ2) is 5.94. The number of aryl methyl sites for hydroxylation is 1. The summed E-state index contributed by atoms with van der Waals surface area (Å²) in [5.74, 6) is -0.280. The molecule has 0 bridgehead atoms. The van der Waals surface area contributed by atoms with Crippen LogP contribution in [-0.4, -0.2) is 4.98 Å². The molecule has 2 aromatic rings. The monoisotopic (exact) mass is 264 g/mol. The van der Waals surface area contributed by atoms with Gasteiger partial charge in [-0.2, -0.15) is 0 Å². The first-order valence-corrected chi connectivity index (χ1v) is 6.09. The molecule has 0 aliphatic carbocycles. The summed E-state index contributed by atoms with van der Waals surface area (Å²) in [6, 6.07) is 6.66. The topological polar surface area (TPSA) is 24.9 Å². The second-order valence-electron chi connectivity index (χ2n) is 4.11. The third-order valence-corrected chi connectivity index (χ3v) is 3.18. The summed E-state index contributed by atoms with van der Waals surface area (Å²) in [4.78, 5) is 4.07. The highest BCUT2D eigenvalue weighted by Gasteiger charge is 2.06. The van der Waals surface area contributed by atoms with Crippen LogP contribution in [0.2, 0.25) is 5.02 Å². The van der Waals surface area contributed by atoms with Crippen molar-refractivity contribution in [3.63, 3.8) is 0 Å². The second-order valence-corrected chi connectivity index (χ2v) is 4.51. The number of hydrogen-bond donors (Lipinski definition) is 1. The van der Waals surface area contributed by atoms with Crippen LogP contribution in [0.5, 0.6) is 0 Å². The fourth-order valence-electron chi connectivity index (χ4n) is 1.71. The predicted octanol–water partition coefficient (Wildman–Crippen LogP) is 3.47. The summed E-state index contributed by atoms with van der Waals surface area (Å²) in [6.07, 6.45) is 3.57. The molecule has 4 heteroatoms. The Kier molecular flexibility index (Phi) is 4.28. The van der Waals surface area contributed by atoms with Gasteiger partial charge in [-0.05, 0) is 36.2 Å². The SMILES string of the molecule is Cc1ccncc1CNCc1c(F)cccc1Cl. The maximum absolute atomic E-state index is 13.5. The first-order valence-electron chi connectivity index (χ1n) is 5.71. The van der Waals surface area contributed by atoms with Crippen molar-refractivity contribution in [2.75, 3.05) is 0 Å². The van der Waals surface area contributed by atoms with Crippen LogP contribution < -0.4 is 5.32 Å². The average Bonchev–Trinajstić information content (AvgIpc) is 2.35. The Balaban J connectivity index is 1.99. The molecule has 1 aromatic carbocycles. The summed E-state index contributed by atoms with van der Waals surface area (Å²) < 4.78 is 13.5. The van der Waals surface area contributed by atoms with Crippen LogP contribution in [0.4, 0.5) is 4.39 Å². The third-order valence-electron chi connectivity index (χ3n) is 2.83. The highest BCUT2D eigenvalue weighted by atomic mass is 35.5. The Bertz CT molecular complexity index is 523. The van der Waals surface area contributed by atoms with E-state index in [0.717, 1.165) is 11.1 Å². The van der Waals surface area contributed by atoms with Gasteiger partial charge in [0.2, 0.25) is 0 Å². The Morgan fingerprint density at radius 1 is 1.28 bits per heavy atom. The number of pyridine rings is 1. The number of rotatable bonds is 4. The van der Waals surface area contributed by atoms with Gasteiger partial charge < -0.3 is 5.32 Å². The van der Waals surface area contributed by atoms with Gasteiger partial charge in [-0.1, -0.05) is 17.7 Å². The van der Waals surface area contributed by atoms with E-state index >= 15 is 0 Å². The highest BCUT2D eigenvalue weighted by molar-refractivity contribution is 6.31. The van der Waals surface area contributed by atoms with Gasteiger partial charge in [0.05, 0.1) is 0 Å². The third kappa shape index (κ3) is 3.06. The highest BCUT2D eigenvalue weighted by Crippen LogP contribution is 2.18. The van der Waals surface area contributed by atoms with E-state index in [1.807, 2.05) is 19.2 Å². The van der Waals surface area contributed by atoms with Gasteiger partial charge in [-0.25, -0.2) is 4.39 Å². The molecule has 2 rings (SSSR count). The van der Waals surface area contributed by atoms with Crippen molar-refractivity contribution in [3.8, 4) is 0 Å². The van der Waals surface area contributed by atoms with E-state index < -0.39 is 0 Å². The smallest absolute Gasteiger partial charge is 0.129 e. The Morgan fingerprint density at radius 3 is 2.83 bits per heavy atom. The van der Waals surface area contributed by atoms with Crippen LogP contribution in [0, 0.1) is 12.7 Å². The molecule has 1 aromatic heterocycles. The average molecular weight is 265 g/mol. The lowest BCUT2D eigenvalue weighted by atomic mass is 10.1.